The first-order valence-corrected chi connectivity index (χ1v) is 8.31. The molecule has 0 heterocycles. The fourth-order valence-electron chi connectivity index (χ4n) is 2.62. The van der Waals surface area contributed by atoms with Crippen LogP contribution in [0.3, 0.4) is 0 Å². The largest absolute Gasteiger partial charge is 0.129 e. The number of rotatable bonds is 12. The fraction of sp³-hybridized carbons (Fsp3) is 0.667. The minimum absolute atomic E-state index is 0.725. The van der Waals surface area contributed by atoms with Crippen molar-refractivity contribution >= 4 is 5.69 Å². The Labute approximate surface area is 124 Å². The maximum absolute atomic E-state index is 8.90. The molecule has 0 aliphatic carbocycles. The number of hydrogen-bond donors (Lipinski definition) is 0. The molecular formula is C18H29N2. The maximum atomic E-state index is 8.90. The SMILES string of the molecule is CCCCCCCCCCCCc1ccccc1N=[N]. The molecule has 0 aromatic heterocycles. The van der Waals surface area contributed by atoms with Gasteiger partial charge in [-0.05, 0) is 30.0 Å². The summed E-state index contributed by atoms with van der Waals surface area (Å²) in [7, 11) is 0. The zero-order valence-corrected chi connectivity index (χ0v) is 13.0. The molecule has 1 aromatic carbocycles. The van der Waals surface area contributed by atoms with E-state index in [9.17, 15) is 0 Å². The molecule has 0 spiro atoms. The van der Waals surface area contributed by atoms with Gasteiger partial charge in [-0.2, -0.15) is 0 Å². The van der Waals surface area contributed by atoms with Crippen molar-refractivity contribution in [3.8, 4) is 0 Å². The normalized spacial score (nSPS) is 10.7. The van der Waals surface area contributed by atoms with E-state index in [2.05, 4.69) is 18.1 Å². The quantitative estimate of drug-likeness (QED) is 0.329. The lowest BCUT2D eigenvalue weighted by Crippen LogP contribution is -1.87. The summed E-state index contributed by atoms with van der Waals surface area (Å²) < 4.78 is 0. The molecule has 20 heavy (non-hydrogen) atoms. The standard InChI is InChI=1S/C18H29N2/c1-2-3-4-5-6-7-8-9-10-11-14-17-15-12-13-16-18(17)20-19/h12-13,15-16H,2-11,14H2,1H3. The van der Waals surface area contributed by atoms with Crippen molar-refractivity contribution in [2.24, 2.45) is 5.11 Å². The Morgan fingerprint density at radius 1 is 0.800 bits per heavy atom. The second kappa shape index (κ2) is 11.6. The molecule has 0 atom stereocenters. The molecule has 2 heteroatoms. The average Bonchev–Trinajstić information content (AvgIpc) is 2.49. The molecule has 0 bridgehead atoms. The number of benzene rings is 1. The summed E-state index contributed by atoms with van der Waals surface area (Å²) in [5, 5.41) is 3.33. The molecule has 0 amide bonds. The van der Waals surface area contributed by atoms with E-state index < -0.39 is 0 Å². The van der Waals surface area contributed by atoms with E-state index in [0.29, 0.717) is 0 Å². The van der Waals surface area contributed by atoms with Crippen LogP contribution in [-0.4, -0.2) is 0 Å². The molecule has 0 N–H and O–H groups in total. The summed E-state index contributed by atoms with van der Waals surface area (Å²) in [6.07, 6.45) is 14.6. The monoisotopic (exact) mass is 273 g/mol. The van der Waals surface area contributed by atoms with Gasteiger partial charge in [-0.1, -0.05) is 82.9 Å². The molecule has 2 nitrogen and oxygen atoms in total. The third-order valence-corrected chi connectivity index (χ3v) is 3.90. The number of aryl methyl sites for hydroxylation is 1. The lowest BCUT2D eigenvalue weighted by Gasteiger charge is -2.04. The van der Waals surface area contributed by atoms with E-state index in [1.807, 2.05) is 18.2 Å². The van der Waals surface area contributed by atoms with Crippen LogP contribution in [0.4, 0.5) is 5.69 Å². The minimum Gasteiger partial charge on any atom is -0.129 e. The summed E-state index contributed by atoms with van der Waals surface area (Å²) in [6.45, 7) is 2.27. The Bertz CT molecular complexity index is 360. The Morgan fingerprint density at radius 3 is 1.95 bits per heavy atom. The van der Waals surface area contributed by atoms with Gasteiger partial charge in [0.2, 0.25) is 0 Å². The number of unbranched alkanes of at least 4 members (excludes halogenated alkanes) is 9. The van der Waals surface area contributed by atoms with Gasteiger partial charge in [-0.25, -0.2) is 0 Å². The highest BCUT2D eigenvalue weighted by molar-refractivity contribution is 5.44. The van der Waals surface area contributed by atoms with Gasteiger partial charge in [-0.15, -0.1) is 5.11 Å². The van der Waals surface area contributed by atoms with Crippen molar-refractivity contribution in [3.05, 3.63) is 29.8 Å². The average molecular weight is 273 g/mol. The molecule has 0 fully saturated rings. The van der Waals surface area contributed by atoms with E-state index in [1.165, 1.54) is 64.2 Å². The summed E-state index contributed by atoms with van der Waals surface area (Å²) in [4.78, 5) is 0. The molecule has 1 rings (SSSR count). The first-order valence-electron chi connectivity index (χ1n) is 8.31. The van der Waals surface area contributed by atoms with E-state index in [1.54, 1.807) is 0 Å². The van der Waals surface area contributed by atoms with E-state index >= 15 is 0 Å². The highest BCUT2D eigenvalue weighted by atomic mass is 15.0. The summed E-state index contributed by atoms with van der Waals surface area (Å²) in [5.41, 5.74) is 10.8. The number of hydrogen-bond acceptors (Lipinski definition) is 1. The van der Waals surface area contributed by atoms with E-state index in [4.69, 9.17) is 5.53 Å². The number of nitrogens with zero attached hydrogens (tertiary/aromatic N) is 2. The van der Waals surface area contributed by atoms with Crippen LogP contribution in [0.5, 0.6) is 0 Å². The maximum Gasteiger partial charge on any atom is 0.0907 e. The van der Waals surface area contributed by atoms with Gasteiger partial charge in [0.1, 0.15) is 0 Å². The van der Waals surface area contributed by atoms with E-state index in [-0.39, 0.29) is 0 Å². The Balaban J connectivity index is 1.98. The molecule has 111 valence electrons. The van der Waals surface area contributed by atoms with Crippen molar-refractivity contribution in [2.75, 3.05) is 0 Å². The fourth-order valence-corrected chi connectivity index (χ4v) is 2.62. The lowest BCUT2D eigenvalue weighted by atomic mass is 10.0. The van der Waals surface area contributed by atoms with Crippen molar-refractivity contribution in [1.82, 2.24) is 5.53 Å². The molecule has 0 unspecified atom stereocenters. The van der Waals surface area contributed by atoms with Gasteiger partial charge in [0.05, 0.1) is 5.69 Å². The second-order valence-corrected chi connectivity index (χ2v) is 5.66. The smallest absolute Gasteiger partial charge is 0.0907 e. The van der Waals surface area contributed by atoms with Crippen LogP contribution in [0.25, 0.3) is 0 Å². The summed E-state index contributed by atoms with van der Waals surface area (Å²) in [6, 6.07) is 7.85. The third kappa shape index (κ3) is 7.42. The summed E-state index contributed by atoms with van der Waals surface area (Å²) in [5.74, 6) is 0. The Kier molecular flexibility index (Phi) is 9.81. The van der Waals surface area contributed by atoms with Crippen molar-refractivity contribution in [1.29, 1.82) is 0 Å². The Hall–Kier alpha value is -1.18. The summed E-state index contributed by atoms with van der Waals surface area (Å²) >= 11 is 0. The van der Waals surface area contributed by atoms with Crippen molar-refractivity contribution in [3.63, 3.8) is 0 Å². The van der Waals surface area contributed by atoms with Gasteiger partial charge in [0.15, 0.2) is 0 Å². The molecule has 1 radical (unpaired) electrons. The van der Waals surface area contributed by atoms with Crippen LogP contribution in [0.1, 0.15) is 76.7 Å². The molecule has 0 aliphatic heterocycles. The van der Waals surface area contributed by atoms with Crippen LogP contribution in [0.2, 0.25) is 0 Å². The highest BCUT2D eigenvalue weighted by Crippen LogP contribution is 2.20. The zero-order chi connectivity index (χ0) is 14.5. The highest BCUT2D eigenvalue weighted by Gasteiger charge is 2.00. The second-order valence-electron chi connectivity index (χ2n) is 5.66. The van der Waals surface area contributed by atoms with Crippen LogP contribution >= 0.6 is 0 Å². The predicted octanol–water partition coefficient (Wildman–Crippen LogP) is 6.03. The molecule has 1 aromatic rings. The van der Waals surface area contributed by atoms with Crippen LogP contribution in [0, 0.1) is 0 Å². The first-order chi connectivity index (χ1) is 9.88. The molecular weight excluding hydrogens is 244 g/mol. The van der Waals surface area contributed by atoms with Gasteiger partial charge >= 0.3 is 0 Å². The van der Waals surface area contributed by atoms with E-state index in [0.717, 1.165) is 17.7 Å². The predicted molar refractivity (Wildman–Crippen MR) is 86.2 cm³/mol. The first kappa shape index (κ1) is 16.9. The van der Waals surface area contributed by atoms with Crippen LogP contribution < -0.4 is 5.53 Å². The lowest BCUT2D eigenvalue weighted by molar-refractivity contribution is 0.556. The minimum atomic E-state index is 0.725. The van der Waals surface area contributed by atoms with Crippen LogP contribution in [0.15, 0.2) is 29.4 Å². The Morgan fingerprint density at radius 2 is 1.35 bits per heavy atom. The third-order valence-electron chi connectivity index (χ3n) is 3.90. The van der Waals surface area contributed by atoms with Crippen molar-refractivity contribution < 1.29 is 0 Å². The van der Waals surface area contributed by atoms with Gasteiger partial charge in [0.25, 0.3) is 0 Å². The molecule has 0 aliphatic rings. The van der Waals surface area contributed by atoms with Gasteiger partial charge in [0, 0.05) is 0 Å². The molecule has 0 saturated carbocycles. The van der Waals surface area contributed by atoms with Crippen LogP contribution in [-0.2, 0) is 6.42 Å². The van der Waals surface area contributed by atoms with Gasteiger partial charge in [-0.3, -0.25) is 0 Å². The molecule has 0 saturated heterocycles. The van der Waals surface area contributed by atoms with Gasteiger partial charge < -0.3 is 0 Å². The zero-order valence-electron chi connectivity index (χ0n) is 13.0. The van der Waals surface area contributed by atoms with Crippen molar-refractivity contribution in [2.45, 2.75) is 77.6 Å². The topological polar surface area (TPSA) is 34.7 Å².